The number of benzene rings is 3. The Hall–Kier alpha value is -3.26. The van der Waals surface area contributed by atoms with Gasteiger partial charge < -0.3 is 10.6 Å². The average Bonchev–Trinajstić information content (AvgIpc) is 2.68. The van der Waals surface area contributed by atoms with Crippen LogP contribution in [0.4, 0.5) is 5.69 Å². The van der Waals surface area contributed by atoms with E-state index in [1.54, 1.807) is 0 Å². The molecule has 0 heterocycles. The van der Waals surface area contributed by atoms with Crippen molar-refractivity contribution in [2.75, 3.05) is 4.90 Å². The summed E-state index contributed by atoms with van der Waals surface area (Å²) >= 11 is 0. The van der Waals surface area contributed by atoms with Gasteiger partial charge in [0.05, 0.1) is 5.70 Å². The van der Waals surface area contributed by atoms with Crippen LogP contribution < -0.4 is 10.6 Å². The quantitative estimate of drug-likeness (QED) is 0.621. The van der Waals surface area contributed by atoms with E-state index in [1.807, 2.05) is 49.5 Å². The Kier molecular flexibility index (Phi) is 5.23. The van der Waals surface area contributed by atoms with Crippen LogP contribution in [0.3, 0.4) is 0 Å². The van der Waals surface area contributed by atoms with E-state index < -0.39 is 0 Å². The van der Waals surface area contributed by atoms with E-state index in [2.05, 4.69) is 60.9 Å². The van der Waals surface area contributed by atoms with Crippen LogP contribution in [0.15, 0.2) is 97.3 Å². The second-order valence-corrected chi connectivity index (χ2v) is 6.42. The zero-order valence-electron chi connectivity index (χ0n) is 15.3. The molecule has 130 valence electrons. The van der Waals surface area contributed by atoms with E-state index in [4.69, 9.17) is 5.73 Å². The summed E-state index contributed by atoms with van der Waals surface area (Å²) in [6.45, 7) is 8.24. The highest BCUT2D eigenvalue weighted by atomic mass is 15.1. The molecule has 3 rings (SSSR count). The van der Waals surface area contributed by atoms with Crippen molar-refractivity contribution < 1.29 is 0 Å². The fourth-order valence-electron chi connectivity index (χ4n) is 2.91. The van der Waals surface area contributed by atoms with Crippen molar-refractivity contribution in [3.8, 4) is 11.1 Å². The van der Waals surface area contributed by atoms with Crippen LogP contribution >= 0.6 is 0 Å². The van der Waals surface area contributed by atoms with Gasteiger partial charge in [-0.2, -0.15) is 0 Å². The number of nitrogens with two attached hydrogens (primary N) is 1. The van der Waals surface area contributed by atoms with Crippen molar-refractivity contribution in [3.05, 3.63) is 108 Å². The van der Waals surface area contributed by atoms with E-state index in [-0.39, 0.29) is 0 Å². The molecule has 0 spiro atoms. The Morgan fingerprint density at radius 1 is 0.885 bits per heavy atom. The number of aryl methyl sites for hydroxylation is 1. The molecule has 3 aromatic carbocycles. The second kappa shape index (κ2) is 7.75. The van der Waals surface area contributed by atoms with Crippen LogP contribution in [0, 0.1) is 6.92 Å². The highest BCUT2D eigenvalue weighted by molar-refractivity contribution is 5.75. The van der Waals surface area contributed by atoms with Gasteiger partial charge in [-0.1, -0.05) is 79.4 Å². The van der Waals surface area contributed by atoms with Crippen LogP contribution in [0.2, 0.25) is 0 Å². The minimum absolute atomic E-state index is 0.707. The molecule has 0 radical (unpaired) electrons. The van der Waals surface area contributed by atoms with Gasteiger partial charge in [-0.25, -0.2) is 0 Å². The maximum Gasteiger partial charge on any atom is 0.0556 e. The molecule has 0 unspecified atom stereocenters. The van der Waals surface area contributed by atoms with Crippen LogP contribution in [-0.4, -0.2) is 0 Å². The summed E-state index contributed by atoms with van der Waals surface area (Å²) in [6, 6.07) is 26.8. The SMILES string of the molecule is C=C(C)N(/C=C(\N)c1ccccc1)c1cc(-c2ccccc2)ccc1C. The fraction of sp³-hybridized carbons (Fsp3) is 0.0833. The van der Waals surface area contributed by atoms with Gasteiger partial charge in [0.2, 0.25) is 0 Å². The van der Waals surface area contributed by atoms with Crippen molar-refractivity contribution in [2.24, 2.45) is 5.73 Å². The molecule has 0 aliphatic rings. The molecule has 2 nitrogen and oxygen atoms in total. The van der Waals surface area contributed by atoms with Gasteiger partial charge in [-0.3, -0.25) is 0 Å². The molecule has 0 saturated carbocycles. The highest BCUT2D eigenvalue weighted by Gasteiger charge is 2.11. The first-order chi connectivity index (χ1) is 12.6. The lowest BCUT2D eigenvalue weighted by Gasteiger charge is -2.24. The molecule has 3 aromatic rings. The summed E-state index contributed by atoms with van der Waals surface area (Å²) in [4.78, 5) is 2.06. The van der Waals surface area contributed by atoms with Crippen molar-refractivity contribution in [1.29, 1.82) is 0 Å². The number of allylic oxidation sites excluding steroid dienone is 1. The van der Waals surface area contributed by atoms with E-state index in [0.717, 1.165) is 16.9 Å². The summed E-state index contributed by atoms with van der Waals surface area (Å²) in [5.41, 5.74) is 13.6. The lowest BCUT2D eigenvalue weighted by atomic mass is 10.0. The minimum Gasteiger partial charge on any atom is -0.397 e. The molecule has 2 heteroatoms. The van der Waals surface area contributed by atoms with Crippen LogP contribution in [0.25, 0.3) is 16.8 Å². The van der Waals surface area contributed by atoms with E-state index in [0.29, 0.717) is 5.70 Å². The molecule has 0 aliphatic carbocycles. The first-order valence-electron chi connectivity index (χ1n) is 8.70. The van der Waals surface area contributed by atoms with Gasteiger partial charge in [-0.15, -0.1) is 0 Å². The van der Waals surface area contributed by atoms with Gasteiger partial charge in [0.1, 0.15) is 0 Å². The van der Waals surface area contributed by atoms with Crippen LogP contribution in [-0.2, 0) is 0 Å². The molecule has 0 fully saturated rings. The molecule has 0 amide bonds. The third-order valence-corrected chi connectivity index (χ3v) is 4.36. The predicted octanol–water partition coefficient (Wildman–Crippen LogP) is 5.96. The summed E-state index contributed by atoms with van der Waals surface area (Å²) in [5.74, 6) is 0. The van der Waals surface area contributed by atoms with Gasteiger partial charge in [-0.05, 0) is 42.2 Å². The average molecular weight is 340 g/mol. The Bertz CT molecular complexity index is 925. The van der Waals surface area contributed by atoms with Crippen molar-refractivity contribution >= 4 is 11.4 Å². The lowest BCUT2D eigenvalue weighted by Crippen LogP contribution is -2.16. The highest BCUT2D eigenvalue weighted by Crippen LogP contribution is 2.30. The third-order valence-electron chi connectivity index (χ3n) is 4.36. The smallest absolute Gasteiger partial charge is 0.0556 e. The van der Waals surface area contributed by atoms with Gasteiger partial charge >= 0.3 is 0 Å². The summed E-state index contributed by atoms with van der Waals surface area (Å²) in [6.07, 6.45) is 1.95. The Balaban J connectivity index is 2.05. The summed E-state index contributed by atoms with van der Waals surface area (Å²) in [5, 5.41) is 0. The maximum atomic E-state index is 6.35. The van der Waals surface area contributed by atoms with Crippen LogP contribution in [0.1, 0.15) is 18.1 Å². The maximum absolute atomic E-state index is 6.35. The summed E-state index contributed by atoms with van der Waals surface area (Å²) < 4.78 is 0. The molecular weight excluding hydrogens is 316 g/mol. The van der Waals surface area contributed by atoms with Gasteiger partial charge in [0, 0.05) is 17.6 Å². The van der Waals surface area contributed by atoms with Crippen LogP contribution in [0.5, 0.6) is 0 Å². The minimum atomic E-state index is 0.707. The Morgan fingerprint density at radius 3 is 2.12 bits per heavy atom. The molecule has 26 heavy (non-hydrogen) atoms. The molecule has 0 atom stereocenters. The molecule has 0 saturated heterocycles. The predicted molar refractivity (Wildman–Crippen MR) is 113 cm³/mol. The first-order valence-corrected chi connectivity index (χ1v) is 8.70. The Morgan fingerprint density at radius 2 is 1.50 bits per heavy atom. The zero-order valence-corrected chi connectivity index (χ0v) is 15.3. The third kappa shape index (κ3) is 3.86. The summed E-state index contributed by atoms with van der Waals surface area (Å²) in [7, 11) is 0. The molecule has 0 aliphatic heterocycles. The van der Waals surface area contributed by atoms with Gasteiger partial charge in [0.15, 0.2) is 0 Å². The molecular formula is C24H24N2. The lowest BCUT2D eigenvalue weighted by molar-refractivity contribution is 1.14. The molecule has 2 N–H and O–H groups in total. The number of anilines is 1. The number of hydrogen-bond donors (Lipinski definition) is 1. The van der Waals surface area contributed by atoms with E-state index >= 15 is 0 Å². The molecule has 0 bridgehead atoms. The zero-order chi connectivity index (χ0) is 18.5. The van der Waals surface area contributed by atoms with E-state index in [1.165, 1.54) is 16.7 Å². The topological polar surface area (TPSA) is 29.3 Å². The first kappa shape index (κ1) is 17.6. The van der Waals surface area contributed by atoms with Crippen molar-refractivity contribution in [1.82, 2.24) is 0 Å². The standard InChI is InChI=1S/C24H24N2/c1-18(2)26(17-23(25)21-12-8-5-9-13-21)24-16-22(15-14-19(24)3)20-10-6-4-7-11-20/h4-17H,1,25H2,2-3H3/b23-17-. The monoisotopic (exact) mass is 340 g/mol. The largest absolute Gasteiger partial charge is 0.397 e. The van der Waals surface area contributed by atoms with Crippen molar-refractivity contribution in [2.45, 2.75) is 13.8 Å². The number of hydrogen-bond acceptors (Lipinski definition) is 2. The molecule has 0 aromatic heterocycles. The van der Waals surface area contributed by atoms with E-state index in [9.17, 15) is 0 Å². The van der Waals surface area contributed by atoms with Crippen molar-refractivity contribution in [3.63, 3.8) is 0 Å². The number of nitrogens with zero attached hydrogens (tertiary/aromatic N) is 1. The second-order valence-electron chi connectivity index (χ2n) is 6.42. The fourth-order valence-corrected chi connectivity index (χ4v) is 2.91. The van der Waals surface area contributed by atoms with Gasteiger partial charge in [0.25, 0.3) is 0 Å². The Labute approximate surface area is 155 Å². The number of rotatable bonds is 5. The normalized spacial score (nSPS) is 11.2.